The number of benzene rings is 10. The van der Waals surface area contributed by atoms with Crippen molar-refractivity contribution < 1.29 is 0 Å². The second-order valence-electron chi connectivity index (χ2n) is 19.7. The first-order valence-electron chi connectivity index (χ1n) is 25.6. The van der Waals surface area contributed by atoms with E-state index in [1.807, 2.05) is 6.20 Å². The lowest BCUT2D eigenvalue weighted by Crippen LogP contribution is -2.78. The van der Waals surface area contributed by atoms with Crippen LogP contribution in [0.25, 0.3) is 49.9 Å². The molecular formula is C68H50N4Si2. The van der Waals surface area contributed by atoms with E-state index >= 15 is 0 Å². The van der Waals surface area contributed by atoms with Gasteiger partial charge in [0.2, 0.25) is 0 Å². The van der Waals surface area contributed by atoms with E-state index in [0.717, 1.165) is 33.8 Å². The van der Waals surface area contributed by atoms with E-state index in [2.05, 4.69) is 289 Å². The van der Waals surface area contributed by atoms with E-state index in [1.165, 1.54) is 74.4 Å². The Bertz CT molecular complexity index is 4130. The van der Waals surface area contributed by atoms with Crippen molar-refractivity contribution in [2.75, 3.05) is 0 Å². The van der Waals surface area contributed by atoms with Crippen molar-refractivity contribution >= 4 is 90.5 Å². The van der Waals surface area contributed by atoms with Crippen LogP contribution in [-0.4, -0.2) is 35.2 Å². The molecule has 1 atom stereocenters. The molecule has 4 heterocycles. The average Bonchev–Trinajstić information content (AvgIpc) is 4.09. The second kappa shape index (κ2) is 17.7. The molecular weight excluding hydrogens is 929 g/mol. The van der Waals surface area contributed by atoms with Gasteiger partial charge < -0.3 is 9.13 Å². The first-order chi connectivity index (χ1) is 36.6. The summed E-state index contributed by atoms with van der Waals surface area (Å²) in [5, 5.41) is 13.2. The molecule has 350 valence electrons. The van der Waals surface area contributed by atoms with E-state index in [4.69, 9.17) is 9.97 Å². The van der Waals surface area contributed by atoms with E-state index in [9.17, 15) is 0 Å². The molecule has 1 unspecified atom stereocenters. The summed E-state index contributed by atoms with van der Waals surface area (Å²) in [6.07, 6.45) is 2.02. The highest BCUT2D eigenvalue weighted by Gasteiger charge is 2.51. The van der Waals surface area contributed by atoms with Crippen LogP contribution in [0, 0.1) is 0 Å². The second-order valence-corrected chi connectivity index (χ2v) is 27.2. The van der Waals surface area contributed by atoms with Gasteiger partial charge in [0.15, 0.2) is 16.1 Å². The van der Waals surface area contributed by atoms with Crippen LogP contribution in [0.15, 0.2) is 279 Å². The fraction of sp³-hybridized carbons (Fsp3) is 0.0294. The van der Waals surface area contributed by atoms with Crippen molar-refractivity contribution in [3.05, 3.63) is 296 Å². The zero-order valence-electron chi connectivity index (χ0n) is 40.9. The summed E-state index contributed by atoms with van der Waals surface area (Å²) in [6.45, 7) is 0. The summed E-state index contributed by atoms with van der Waals surface area (Å²) in [4.78, 5) is 10.8. The molecule has 74 heavy (non-hydrogen) atoms. The highest BCUT2D eigenvalue weighted by Crippen LogP contribution is 2.40. The highest BCUT2D eigenvalue weighted by atomic mass is 28.3. The molecule has 0 spiro atoms. The lowest BCUT2D eigenvalue weighted by atomic mass is 9.86. The average molecular weight is 979 g/mol. The molecule has 13 aromatic rings. The number of pyridine rings is 1. The van der Waals surface area contributed by atoms with Gasteiger partial charge in [0.05, 0.1) is 33.7 Å². The standard InChI is InChI=1S/C68H50N4Si2/c1-71-62-41-20-18-39-60(62)70-68(71)49-25-22-37-56(45-49)73(51-28-9-3-10-29-51,52-30-11-4-12-31-52)55-36-21-24-48(44-55)66-59-46-63-58(57-38-17-19-40-61(57)72(63)50-26-7-2-8-27-50)47-65(59)74(53-32-13-5-14-33-53,54-34-15-6-16-35-54)64-42-23-43-69-67(64)66/h2-47,66H,1H3. The summed E-state index contributed by atoms with van der Waals surface area (Å²) in [6, 6.07) is 102. The van der Waals surface area contributed by atoms with E-state index in [-0.39, 0.29) is 5.92 Å². The van der Waals surface area contributed by atoms with Gasteiger partial charge in [-0.2, -0.15) is 0 Å². The number of hydrogen-bond acceptors (Lipinski definition) is 2. The maximum atomic E-state index is 5.59. The topological polar surface area (TPSA) is 35.6 Å². The van der Waals surface area contributed by atoms with Gasteiger partial charge in [-0.3, -0.25) is 4.98 Å². The van der Waals surface area contributed by atoms with Crippen LogP contribution in [0.3, 0.4) is 0 Å². The summed E-state index contributed by atoms with van der Waals surface area (Å²) in [5.41, 5.74) is 10.4. The summed E-state index contributed by atoms with van der Waals surface area (Å²) >= 11 is 0. The first-order valence-corrected chi connectivity index (χ1v) is 29.6. The molecule has 3 aromatic heterocycles. The number of nitrogens with zero attached hydrogens (tertiary/aromatic N) is 4. The number of aromatic nitrogens is 4. The summed E-state index contributed by atoms with van der Waals surface area (Å²) in [5.74, 6) is 0.765. The zero-order chi connectivity index (χ0) is 49.2. The monoisotopic (exact) mass is 978 g/mol. The van der Waals surface area contributed by atoms with Crippen LogP contribution < -0.4 is 41.5 Å². The quantitative estimate of drug-likeness (QED) is 0.107. The molecule has 4 nitrogen and oxygen atoms in total. The van der Waals surface area contributed by atoms with Crippen LogP contribution in [0.2, 0.25) is 0 Å². The van der Waals surface area contributed by atoms with Crippen molar-refractivity contribution in [1.29, 1.82) is 0 Å². The first kappa shape index (κ1) is 43.8. The third-order valence-electron chi connectivity index (χ3n) is 15.9. The van der Waals surface area contributed by atoms with Crippen LogP contribution in [-0.2, 0) is 7.05 Å². The number of fused-ring (bicyclic) bond motifs is 6. The molecule has 14 rings (SSSR count). The number of aryl methyl sites for hydroxylation is 1. The normalized spacial score (nSPS) is 14.0. The Morgan fingerprint density at radius 2 is 1.00 bits per heavy atom. The predicted octanol–water partition coefficient (Wildman–Crippen LogP) is 9.98. The predicted molar refractivity (Wildman–Crippen MR) is 313 cm³/mol. The molecule has 0 bridgehead atoms. The fourth-order valence-electron chi connectivity index (χ4n) is 12.8. The lowest BCUT2D eigenvalue weighted by molar-refractivity contribution is 0.928. The Kier molecular flexibility index (Phi) is 10.5. The molecule has 1 aliphatic heterocycles. The lowest BCUT2D eigenvalue weighted by Gasteiger charge is -2.43. The number of para-hydroxylation sites is 4. The van der Waals surface area contributed by atoms with Gasteiger partial charge in [0, 0.05) is 35.3 Å². The third-order valence-corrected chi connectivity index (χ3v) is 25.5. The molecule has 0 radical (unpaired) electrons. The van der Waals surface area contributed by atoms with Crippen molar-refractivity contribution in [2.24, 2.45) is 7.05 Å². The van der Waals surface area contributed by atoms with Crippen molar-refractivity contribution in [3.8, 4) is 17.1 Å². The Hall–Kier alpha value is -8.95. The van der Waals surface area contributed by atoms with Gasteiger partial charge in [-0.05, 0) is 95.1 Å². The molecule has 0 saturated heterocycles. The van der Waals surface area contributed by atoms with Gasteiger partial charge in [0.1, 0.15) is 5.82 Å². The highest BCUT2D eigenvalue weighted by molar-refractivity contribution is 7.21. The zero-order valence-corrected chi connectivity index (χ0v) is 42.9. The molecule has 0 amide bonds. The Balaban J connectivity index is 1.08. The minimum Gasteiger partial charge on any atom is -0.327 e. The molecule has 10 aromatic carbocycles. The summed E-state index contributed by atoms with van der Waals surface area (Å²) in [7, 11) is -4.03. The fourth-order valence-corrected chi connectivity index (χ4v) is 22.9. The van der Waals surface area contributed by atoms with E-state index < -0.39 is 16.1 Å². The minimum atomic E-state index is -3.10. The van der Waals surface area contributed by atoms with Gasteiger partial charge >= 0.3 is 0 Å². The molecule has 1 aliphatic rings. The van der Waals surface area contributed by atoms with Gasteiger partial charge in [-0.25, -0.2) is 4.98 Å². The van der Waals surface area contributed by atoms with Crippen LogP contribution in [0.4, 0.5) is 0 Å². The van der Waals surface area contributed by atoms with E-state index in [0.29, 0.717) is 0 Å². The van der Waals surface area contributed by atoms with Crippen LogP contribution in [0.5, 0.6) is 0 Å². The number of imidazole rings is 1. The maximum Gasteiger partial charge on any atom is 0.181 e. The molecule has 0 saturated carbocycles. The smallest absolute Gasteiger partial charge is 0.181 e. The minimum absolute atomic E-state index is 0.189. The maximum absolute atomic E-state index is 5.59. The molecule has 6 heteroatoms. The number of rotatable bonds is 9. The Morgan fingerprint density at radius 3 is 1.68 bits per heavy atom. The SMILES string of the molecule is Cn1c(-c2cccc([Si](c3ccccc3)(c3ccccc3)c3cccc(C4c5cc6c(cc5[Si](c5ccccc5)(c5ccccc5)c5cccnc54)c4ccccc4n6-c4ccccc4)c3)c2)nc2ccccc21. The van der Waals surface area contributed by atoms with Gasteiger partial charge in [-0.15, -0.1) is 0 Å². The van der Waals surface area contributed by atoms with Crippen LogP contribution >= 0.6 is 0 Å². The largest absolute Gasteiger partial charge is 0.327 e. The Morgan fingerprint density at radius 1 is 0.432 bits per heavy atom. The van der Waals surface area contributed by atoms with Gasteiger partial charge in [0.25, 0.3) is 0 Å². The number of hydrogen-bond donors (Lipinski definition) is 0. The van der Waals surface area contributed by atoms with Crippen LogP contribution in [0.1, 0.15) is 22.7 Å². The summed E-state index contributed by atoms with van der Waals surface area (Å²) < 4.78 is 4.71. The van der Waals surface area contributed by atoms with E-state index in [1.54, 1.807) is 0 Å². The van der Waals surface area contributed by atoms with Crippen molar-refractivity contribution in [2.45, 2.75) is 5.92 Å². The molecule has 0 N–H and O–H groups in total. The molecule has 0 aliphatic carbocycles. The van der Waals surface area contributed by atoms with Crippen molar-refractivity contribution in [3.63, 3.8) is 0 Å². The third kappa shape index (κ3) is 6.58. The Labute approximate surface area is 433 Å². The van der Waals surface area contributed by atoms with Gasteiger partial charge in [-0.1, -0.05) is 231 Å². The molecule has 0 fully saturated rings. The van der Waals surface area contributed by atoms with Crippen molar-refractivity contribution in [1.82, 2.24) is 19.1 Å².